The van der Waals surface area contributed by atoms with Crippen molar-refractivity contribution in [3.63, 3.8) is 0 Å². The van der Waals surface area contributed by atoms with Gasteiger partial charge in [-0.1, -0.05) is 0 Å². The number of likely N-dealkylation sites (tertiary alicyclic amines) is 1. The highest BCUT2D eigenvalue weighted by atomic mass is 17.3. The Morgan fingerprint density at radius 2 is 1.61 bits per heavy atom. The molecule has 2 heterocycles. The molecular weight excluding hydrogens is 298 g/mol. The first-order chi connectivity index (χ1) is 11.1. The first-order valence-corrected chi connectivity index (χ1v) is 9.08. The molecule has 1 N–H and O–H groups in total. The van der Waals surface area contributed by atoms with Gasteiger partial charge in [-0.3, -0.25) is 4.79 Å². The highest BCUT2D eigenvalue weighted by Gasteiger charge is 2.66. The summed E-state index contributed by atoms with van der Waals surface area (Å²) in [5.74, 6) is 1.21. The first kappa shape index (κ1) is 14.6. The number of carbonyl (C=O) groups is 1. The normalized spacial score (nSPS) is 46.9. The van der Waals surface area contributed by atoms with Crippen molar-refractivity contribution in [2.75, 3.05) is 19.7 Å². The SMILES string of the molecule is O=C(CO)N1CCC2(CC1)OOC1(O2)C2CC3CC(C2)CC1C3. The number of amides is 1. The number of hydrogen-bond acceptors (Lipinski definition) is 5. The van der Waals surface area contributed by atoms with Crippen LogP contribution < -0.4 is 0 Å². The van der Waals surface area contributed by atoms with E-state index in [1.54, 1.807) is 4.90 Å². The summed E-state index contributed by atoms with van der Waals surface area (Å²) >= 11 is 0. The Balaban J connectivity index is 1.33. The minimum absolute atomic E-state index is 0.219. The summed E-state index contributed by atoms with van der Waals surface area (Å²) in [5.41, 5.74) is 0. The monoisotopic (exact) mass is 323 g/mol. The Morgan fingerprint density at radius 1 is 1.00 bits per heavy atom. The average Bonchev–Trinajstić information content (AvgIpc) is 2.92. The zero-order chi connectivity index (χ0) is 15.7. The van der Waals surface area contributed by atoms with E-state index >= 15 is 0 Å². The van der Waals surface area contributed by atoms with Gasteiger partial charge in [0.05, 0.1) is 0 Å². The van der Waals surface area contributed by atoms with Gasteiger partial charge in [0, 0.05) is 37.8 Å². The molecule has 4 saturated carbocycles. The van der Waals surface area contributed by atoms with Crippen molar-refractivity contribution in [2.45, 2.75) is 56.5 Å². The van der Waals surface area contributed by atoms with Crippen LogP contribution in [0.3, 0.4) is 0 Å². The maximum atomic E-state index is 11.6. The summed E-state index contributed by atoms with van der Waals surface area (Å²) in [6.07, 6.45) is 7.47. The Bertz CT molecular complexity index is 485. The molecular formula is C17H25NO5. The largest absolute Gasteiger partial charge is 0.387 e. The Labute approximate surface area is 136 Å². The van der Waals surface area contributed by atoms with Gasteiger partial charge in [-0.2, -0.15) is 9.78 Å². The molecule has 1 amide bonds. The molecule has 2 saturated heterocycles. The van der Waals surface area contributed by atoms with Gasteiger partial charge in [0.1, 0.15) is 6.61 Å². The van der Waals surface area contributed by atoms with E-state index in [1.807, 2.05) is 0 Å². The summed E-state index contributed by atoms with van der Waals surface area (Å²) in [7, 11) is 0. The van der Waals surface area contributed by atoms with E-state index < -0.39 is 18.2 Å². The number of nitrogens with zero attached hydrogens (tertiary/aromatic N) is 1. The van der Waals surface area contributed by atoms with Crippen LogP contribution in [0.25, 0.3) is 0 Å². The van der Waals surface area contributed by atoms with Crippen LogP contribution in [0.2, 0.25) is 0 Å². The third-order valence-electron chi connectivity index (χ3n) is 6.96. The van der Waals surface area contributed by atoms with E-state index in [4.69, 9.17) is 19.6 Å². The van der Waals surface area contributed by atoms with Crippen molar-refractivity contribution in [3.8, 4) is 0 Å². The van der Waals surface area contributed by atoms with Crippen molar-refractivity contribution in [2.24, 2.45) is 23.7 Å². The van der Waals surface area contributed by atoms with Crippen molar-refractivity contribution in [1.82, 2.24) is 4.90 Å². The Morgan fingerprint density at radius 3 is 2.17 bits per heavy atom. The lowest BCUT2D eigenvalue weighted by molar-refractivity contribution is -0.390. The Hall–Kier alpha value is -0.690. The van der Waals surface area contributed by atoms with Crippen molar-refractivity contribution in [1.29, 1.82) is 0 Å². The van der Waals surface area contributed by atoms with Gasteiger partial charge in [-0.05, 0) is 43.9 Å². The highest BCUT2D eigenvalue weighted by Crippen LogP contribution is 2.63. The molecule has 4 bridgehead atoms. The van der Waals surface area contributed by atoms with E-state index in [9.17, 15) is 4.79 Å². The lowest BCUT2D eigenvalue weighted by atomic mass is 9.53. The lowest BCUT2D eigenvalue weighted by Crippen LogP contribution is -2.59. The molecule has 0 radical (unpaired) electrons. The van der Waals surface area contributed by atoms with E-state index in [-0.39, 0.29) is 5.91 Å². The van der Waals surface area contributed by atoms with Gasteiger partial charge >= 0.3 is 0 Å². The molecule has 0 atom stereocenters. The topological polar surface area (TPSA) is 68.2 Å². The first-order valence-electron chi connectivity index (χ1n) is 9.08. The summed E-state index contributed by atoms with van der Waals surface area (Å²) in [6, 6.07) is 0. The smallest absolute Gasteiger partial charge is 0.248 e. The zero-order valence-corrected chi connectivity index (χ0v) is 13.4. The number of ether oxygens (including phenoxy) is 1. The number of rotatable bonds is 1. The fourth-order valence-corrected chi connectivity index (χ4v) is 5.99. The van der Waals surface area contributed by atoms with Gasteiger partial charge in [0.25, 0.3) is 0 Å². The predicted octanol–water partition coefficient (Wildman–Crippen LogP) is 1.43. The molecule has 2 spiro atoms. The minimum atomic E-state index is -0.693. The molecule has 6 fully saturated rings. The third kappa shape index (κ3) is 2.05. The van der Waals surface area contributed by atoms with E-state index in [1.165, 1.54) is 32.1 Å². The van der Waals surface area contributed by atoms with Crippen LogP contribution >= 0.6 is 0 Å². The summed E-state index contributed by atoms with van der Waals surface area (Å²) in [6.45, 7) is 0.681. The summed E-state index contributed by atoms with van der Waals surface area (Å²) in [4.78, 5) is 25.1. The summed E-state index contributed by atoms with van der Waals surface area (Å²) < 4.78 is 6.57. The second-order valence-electron chi connectivity index (χ2n) is 8.24. The molecule has 6 heteroatoms. The molecule has 0 aromatic carbocycles. The van der Waals surface area contributed by atoms with Gasteiger partial charge < -0.3 is 14.7 Å². The van der Waals surface area contributed by atoms with Gasteiger partial charge in [-0.15, -0.1) is 0 Å². The van der Waals surface area contributed by atoms with Gasteiger partial charge in [0.2, 0.25) is 17.5 Å². The van der Waals surface area contributed by atoms with Crippen molar-refractivity contribution in [3.05, 3.63) is 0 Å². The molecule has 2 aliphatic heterocycles. The zero-order valence-electron chi connectivity index (χ0n) is 13.4. The molecule has 23 heavy (non-hydrogen) atoms. The van der Waals surface area contributed by atoms with Crippen LogP contribution in [0, 0.1) is 23.7 Å². The fourth-order valence-electron chi connectivity index (χ4n) is 5.99. The molecule has 6 nitrogen and oxygen atoms in total. The summed E-state index contributed by atoms with van der Waals surface area (Å²) in [5, 5.41) is 9.00. The molecule has 4 aliphatic carbocycles. The van der Waals surface area contributed by atoms with Gasteiger partial charge in [0.15, 0.2) is 0 Å². The van der Waals surface area contributed by atoms with Crippen molar-refractivity contribution < 1.29 is 24.4 Å². The predicted molar refractivity (Wildman–Crippen MR) is 78.7 cm³/mol. The number of aliphatic hydroxyl groups excluding tert-OH is 1. The Kier molecular flexibility index (Phi) is 3.12. The number of piperidine rings is 1. The van der Waals surface area contributed by atoms with Crippen LogP contribution in [-0.2, 0) is 19.3 Å². The van der Waals surface area contributed by atoms with E-state index in [2.05, 4.69) is 0 Å². The molecule has 6 rings (SSSR count). The van der Waals surface area contributed by atoms with Gasteiger partial charge in [-0.25, -0.2) is 0 Å². The van der Waals surface area contributed by atoms with Crippen LogP contribution in [0.5, 0.6) is 0 Å². The van der Waals surface area contributed by atoms with Crippen LogP contribution in [0.4, 0.5) is 0 Å². The molecule has 0 aromatic rings. The minimum Gasteiger partial charge on any atom is -0.387 e. The molecule has 0 aromatic heterocycles. The fraction of sp³-hybridized carbons (Fsp3) is 0.941. The maximum Gasteiger partial charge on any atom is 0.248 e. The quantitative estimate of drug-likeness (QED) is 0.739. The number of hydrogen-bond donors (Lipinski definition) is 1. The van der Waals surface area contributed by atoms with Crippen LogP contribution in [0.1, 0.15) is 44.9 Å². The molecule has 128 valence electrons. The maximum absolute atomic E-state index is 11.6. The van der Waals surface area contributed by atoms with E-state index in [0.717, 1.165) is 11.8 Å². The second kappa shape index (κ2) is 4.91. The third-order valence-corrected chi connectivity index (χ3v) is 6.96. The molecule has 6 aliphatic rings. The standard InChI is InChI=1S/C17H25NO5/c19-10-15(20)18-3-1-16(2-4-18)21-17(23-22-16)13-6-11-5-12(8-13)9-14(17)7-11/h11-14,19H,1-10H2. The van der Waals surface area contributed by atoms with Crippen LogP contribution in [0.15, 0.2) is 0 Å². The number of aliphatic hydroxyl groups is 1. The van der Waals surface area contributed by atoms with Crippen LogP contribution in [-0.4, -0.2) is 47.2 Å². The van der Waals surface area contributed by atoms with Crippen molar-refractivity contribution >= 4 is 5.91 Å². The average molecular weight is 323 g/mol. The number of carbonyl (C=O) groups excluding carboxylic acids is 1. The molecule has 0 unspecified atom stereocenters. The second-order valence-corrected chi connectivity index (χ2v) is 8.24. The highest BCUT2D eigenvalue weighted by molar-refractivity contribution is 5.77. The van der Waals surface area contributed by atoms with E-state index in [0.29, 0.717) is 37.8 Å². The lowest BCUT2D eigenvalue weighted by Gasteiger charge is -2.57.